The minimum Gasteiger partial charge on any atom is -0.466 e. The predicted molar refractivity (Wildman–Crippen MR) is 119 cm³/mol. The second-order valence-electron chi connectivity index (χ2n) is 6.98. The molecule has 2 aliphatic heterocycles. The van der Waals surface area contributed by atoms with Gasteiger partial charge in [0.15, 0.2) is 11.7 Å². The summed E-state index contributed by atoms with van der Waals surface area (Å²) in [5.41, 5.74) is 1.46. The van der Waals surface area contributed by atoms with E-state index in [2.05, 4.69) is 36.1 Å². The molecule has 1 aromatic heterocycles. The maximum atomic E-state index is 14.5. The van der Waals surface area contributed by atoms with Gasteiger partial charge in [-0.1, -0.05) is 22.0 Å². The number of methoxy groups -OCH3 is 1. The minimum absolute atomic E-state index is 0.0444. The summed E-state index contributed by atoms with van der Waals surface area (Å²) in [6.45, 7) is 1.29. The Hall–Kier alpha value is -2.30. The monoisotopic (exact) mass is 508 g/mol. The molecule has 31 heavy (non-hydrogen) atoms. The summed E-state index contributed by atoms with van der Waals surface area (Å²) in [4.78, 5) is 23.7. The molecule has 6 nitrogen and oxygen atoms in total. The first kappa shape index (κ1) is 21.9. The summed E-state index contributed by atoms with van der Waals surface area (Å²) < 4.78 is 33.8. The third kappa shape index (κ3) is 4.65. The number of hydrogen-bond acceptors (Lipinski definition) is 7. The van der Waals surface area contributed by atoms with Gasteiger partial charge in [-0.15, -0.1) is 11.8 Å². The number of rotatable bonds is 5. The molecule has 1 saturated heterocycles. The van der Waals surface area contributed by atoms with E-state index in [1.54, 1.807) is 17.8 Å². The van der Waals surface area contributed by atoms with Crippen LogP contribution in [0.3, 0.4) is 0 Å². The molecule has 0 aliphatic carbocycles. The largest absolute Gasteiger partial charge is 0.466 e. The maximum absolute atomic E-state index is 14.5. The van der Waals surface area contributed by atoms with Crippen LogP contribution in [-0.4, -0.2) is 53.5 Å². The Morgan fingerprint density at radius 2 is 2.23 bits per heavy atom. The average molecular weight is 509 g/mol. The molecule has 4 rings (SSSR count). The zero-order chi connectivity index (χ0) is 22.0. The average Bonchev–Trinajstić information content (AvgIpc) is 3.26. The van der Waals surface area contributed by atoms with Gasteiger partial charge in [-0.2, -0.15) is 0 Å². The summed E-state index contributed by atoms with van der Waals surface area (Å²) in [7, 11) is 1.30. The summed E-state index contributed by atoms with van der Waals surface area (Å²) in [5, 5.41) is 3.12. The zero-order valence-electron chi connectivity index (χ0n) is 16.6. The maximum Gasteiger partial charge on any atom is 0.338 e. The lowest BCUT2D eigenvalue weighted by Gasteiger charge is -2.29. The molecule has 10 heteroatoms. The van der Waals surface area contributed by atoms with Crippen LogP contribution >= 0.6 is 27.7 Å². The number of carbonyl (C=O) groups is 1. The number of amidine groups is 1. The van der Waals surface area contributed by atoms with Crippen LogP contribution in [0, 0.1) is 11.6 Å². The Morgan fingerprint density at radius 1 is 1.39 bits per heavy atom. The van der Waals surface area contributed by atoms with Crippen molar-refractivity contribution in [3.8, 4) is 0 Å². The van der Waals surface area contributed by atoms with Gasteiger partial charge < -0.3 is 10.1 Å². The second-order valence-corrected chi connectivity index (χ2v) is 8.91. The molecule has 0 bridgehead atoms. The van der Waals surface area contributed by atoms with Crippen molar-refractivity contribution >= 4 is 39.5 Å². The molecule has 2 aromatic rings. The van der Waals surface area contributed by atoms with Crippen LogP contribution in [0.15, 0.2) is 57.3 Å². The molecule has 0 amide bonds. The van der Waals surface area contributed by atoms with Crippen LogP contribution in [-0.2, 0) is 9.53 Å². The van der Waals surface area contributed by atoms with Crippen molar-refractivity contribution in [1.82, 2.24) is 15.2 Å². The number of hydrogen-bond donors (Lipinski definition) is 1. The number of nitrogens with zero attached hydrogens (tertiary/aromatic N) is 3. The van der Waals surface area contributed by atoms with E-state index in [0.29, 0.717) is 27.9 Å². The van der Waals surface area contributed by atoms with Crippen LogP contribution in [0.4, 0.5) is 8.78 Å². The molecule has 2 aliphatic rings. The van der Waals surface area contributed by atoms with Gasteiger partial charge in [0.05, 0.1) is 12.7 Å². The van der Waals surface area contributed by atoms with Crippen molar-refractivity contribution in [3.05, 3.63) is 75.2 Å². The van der Waals surface area contributed by atoms with E-state index in [9.17, 15) is 13.6 Å². The number of esters is 1. The Bertz CT molecular complexity index is 1070. The number of halogens is 3. The quantitative estimate of drug-likeness (QED) is 0.621. The number of thioether (sulfide) groups is 1. The normalized spacial score (nSPS) is 19.2. The van der Waals surface area contributed by atoms with Gasteiger partial charge in [-0.25, -0.2) is 18.6 Å². The highest BCUT2D eigenvalue weighted by atomic mass is 79.9. The Kier molecular flexibility index (Phi) is 6.68. The molecule has 1 fully saturated rings. The number of carbonyl (C=O) groups excluding carboxylic acids is 1. The lowest BCUT2D eigenvalue weighted by atomic mass is 9.95. The molecule has 0 saturated carbocycles. The lowest BCUT2D eigenvalue weighted by Crippen LogP contribution is -2.39. The van der Waals surface area contributed by atoms with E-state index >= 15 is 0 Å². The van der Waals surface area contributed by atoms with Crippen molar-refractivity contribution in [1.29, 1.82) is 0 Å². The van der Waals surface area contributed by atoms with Crippen molar-refractivity contribution in [2.24, 2.45) is 4.99 Å². The first-order valence-corrected chi connectivity index (χ1v) is 11.4. The first-order valence-electron chi connectivity index (χ1n) is 9.50. The Labute approximate surface area is 190 Å². The third-order valence-corrected chi connectivity index (χ3v) is 6.68. The second kappa shape index (κ2) is 9.46. The van der Waals surface area contributed by atoms with Crippen molar-refractivity contribution in [3.63, 3.8) is 0 Å². The smallest absolute Gasteiger partial charge is 0.338 e. The van der Waals surface area contributed by atoms with Gasteiger partial charge in [0, 0.05) is 41.1 Å². The molecule has 1 aromatic carbocycles. The summed E-state index contributed by atoms with van der Waals surface area (Å²) in [5.74, 6) is 0.484. The summed E-state index contributed by atoms with van der Waals surface area (Å²) in [6.07, 6.45) is 1.47. The molecule has 3 heterocycles. The third-order valence-electron chi connectivity index (χ3n) is 4.98. The van der Waals surface area contributed by atoms with Crippen molar-refractivity contribution in [2.45, 2.75) is 6.04 Å². The predicted octanol–water partition coefficient (Wildman–Crippen LogP) is 3.65. The molecule has 1 unspecified atom stereocenters. The topological polar surface area (TPSA) is 66.8 Å². The van der Waals surface area contributed by atoms with Crippen molar-refractivity contribution in [2.75, 3.05) is 31.8 Å². The van der Waals surface area contributed by atoms with Crippen LogP contribution < -0.4 is 5.32 Å². The number of nitrogens with one attached hydrogen (secondary N) is 1. The SMILES string of the molecule is COC(=O)C1=C(CN2CCSC2)NC(c2ncccc2F)=NC1c1ccc(F)cc1Br. The van der Waals surface area contributed by atoms with E-state index in [4.69, 9.17) is 4.74 Å². The summed E-state index contributed by atoms with van der Waals surface area (Å²) in [6, 6.07) is 6.12. The Morgan fingerprint density at radius 3 is 2.90 bits per heavy atom. The van der Waals surface area contributed by atoms with Crippen LogP contribution in [0.25, 0.3) is 0 Å². The fourth-order valence-corrected chi connectivity index (χ4v) is 5.06. The van der Waals surface area contributed by atoms with Crippen molar-refractivity contribution < 1.29 is 18.3 Å². The lowest BCUT2D eigenvalue weighted by molar-refractivity contribution is -0.136. The zero-order valence-corrected chi connectivity index (χ0v) is 19.0. The summed E-state index contributed by atoms with van der Waals surface area (Å²) >= 11 is 5.17. The minimum atomic E-state index is -0.828. The molecule has 0 spiro atoms. The number of pyridine rings is 1. The fourth-order valence-electron chi connectivity index (χ4n) is 3.50. The van der Waals surface area contributed by atoms with Gasteiger partial charge >= 0.3 is 5.97 Å². The van der Waals surface area contributed by atoms with E-state index in [1.165, 1.54) is 37.6 Å². The van der Waals surface area contributed by atoms with Gasteiger partial charge in [0.25, 0.3) is 0 Å². The highest BCUT2D eigenvalue weighted by molar-refractivity contribution is 9.10. The first-order chi connectivity index (χ1) is 15.0. The number of aromatic nitrogens is 1. The van der Waals surface area contributed by atoms with Crippen LogP contribution in [0.5, 0.6) is 0 Å². The van der Waals surface area contributed by atoms with Gasteiger partial charge in [-0.3, -0.25) is 9.89 Å². The van der Waals surface area contributed by atoms with E-state index in [-0.39, 0.29) is 11.5 Å². The van der Waals surface area contributed by atoms with E-state index in [1.807, 2.05) is 0 Å². The highest BCUT2D eigenvalue weighted by Gasteiger charge is 2.34. The van der Waals surface area contributed by atoms with E-state index < -0.39 is 23.6 Å². The fraction of sp³-hybridized carbons (Fsp3) is 0.286. The van der Waals surface area contributed by atoms with Crippen LogP contribution in [0.1, 0.15) is 17.3 Å². The molecular formula is C21H19BrF2N4O2S. The van der Waals surface area contributed by atoms with Gasteiger partial charge in [0.1, 0.15) is 17.6 Å². The van der Waals surface area contributed by atoms with E-state index in [0.717, 1.165) is 18.2 Å². The number of benzene rings is 1. The van der Waals surface area contributed by atoms with Gasteiger partial charge in [0.2, 0.25) is 0 Å². The molecule has 0 radical (unpaired) electrons. The number of aliphatic imine (C=N–C) groups is 1. The molecular weight excluding hydrogens is 490 g/mol. The molecule has 1 N–H and O–H groups in total. The number of ether oxygens (including phenoxy) is 1. The Balaban J connectivity index is 1.86. The highest BCUT2D eigenvalue weighted by Crippen LogP contribution is 2.37. The van der Waals surface area contributed by atoms with Gasteiger partial charge in [-0.05, 0) is 29.8 Å². The molecule has 1 atom stereocenters. The van der Waals surface area contributed by atoms with Crippen LogP contribution in [0.2, 0.25) is 0 Å². The molecule has 162 valence electrons. The standard InChI is InChI=1S/C21H19BrF2N4O2S/c1-30-21(29)17-16(10-28-7-8-31-11-28)26-20(19-15(24)3-2-6-25-19)27-18(17)13-5-4-12(23)9-14(13)22/h2-6,9,18H,7-8,10-11H2,1H3,(H,26,27).